The molecule has 0 saturated heterocycles. The molecule has 0 spiro atoms. The molecule has 35 heavy (non-hydrogen) atoms. The topological polar surface area (TPSA) is 157 Å². The minimum atomic E-state index is 0. The van der Waals surface area contributed by atoms with Gasteiger partial charge in [0.15, 0.2) is 0 Å². The first-order valence-corrected chi connectivity index (χ1v) is 11.1. The minimum absolute atomic E-state index is 0. The van der Waals surface area contributed by atoms with E-state index >= 15 is 0 Å². The fraction of sp³-hybridized carbons (Fsp3) is 0.185. The lowest BCUT2D eigenvalue weighted by molar-refractivity contribution is 0.210. The number of nitrogen functional groups attached to an aromatic ring is 1. The van der Waals surface area contributed by atoms with Gasteiger partial charge >= 0.3 is 0 Å². The van der Waals surface area contributed by atoms with E-state index in [1.807, 2.05) is 31.3 Å². The molecule has 8 nitrogen and oxygen atoms in total. The maximum absolute atomic E-state index is 6.23. The Hall–Kier alpha value is -4.30. The van der Waals surface area contributed by atoms with Gasteiger partial charge in [-0.25, -0.2) is 4.98 Å². The Bertz CT molecular complexity index is 1430. The summed E-state index contributed by atoms with van der Waals surface area (Å²) in [7, 11) is 0. The predicted octanol–water partition coefficient (Wildman–Crippen LogP) is 3.37. The predicted molar refractivity (Wildman–Crippen MR) is 142 cm³/mol. The number of ether oxygens (including phenoxy) is 1. The molecule has 8 heteroatoms. The van der Waals surface area contributed by atoms with E-state index in [-0.39, 0.29) is 5.48 Å². The molecule has 0 atom stereocenters. The molecule has 0 aliphatic rings. The molecule has 9 N–H and O–H groups in total. The second-order valence-corrected chi connectivity index (χ2v) is 8.44. The number of aryl methyl sites for hydroxylation is 3. The minimum Gasteiger partial charge on any atom is -0.487 e. The van der Waals surface area contributed by atoms with Gasteiger partial charge in [-0.1, -0.05) is 6.07 Å². The molecule has 0 fully saturated rings. The molecule has 2 aromatic carbocycles. The highest BCUT2D eigenvalue weighted by molar-refractivity contribution is 5.94. The number of hydrogen-bond acceptors (Lipinski definition) is 7. The van der Waals surface area contributed by atoms with Crippen LogP contribution in [0.2, 0.25) is 0 Å². The van der Waals surface area contributed by atoms with Crippen LogP contribution in [0.1, 0.15) is 27.8 Å². The summed E-state index contributed by atoms with van der Waals surface area (Å²) in [6, 6.07) is 12.2. The van der Waals surface area contributed by atoms with Gasteiger partial charge in [0.05, 0.1) is 5.52 Å². The third kappa shape index (κ3) is 5.62. The number of fused-ring (bicyclic) bond motifs is 2. The Morgan fingerprint density at radius 1 is 1.06 bits per heavy atom. The summed E-state index contributed by atoms with van der Waals surface area (Å²) in [6.07, 6.45) is 6.69. The van der Waals surface area contributed by atoms with Gasteiger partial charge in [0, 0.05) is 42.0 Å². The monoisotopic (exact) mass is 472 g/mol. The van der Waals surface area contributed by atoms with Crippen LogP contribution in [0.15, 0.2) is 72.6 Å². The second kappa shape index (κ2) is 10.8. The first kappa shape index (κ1) is 25.3. The fourth-order valence-electron chi connectivity index (χ4n) is 4.08. The van der Waals surface area contributed by atoms with Crippen LogP contribution in [0.25, 0.3) is 21.7 Å². The van der Waals surface area contributed by atoms with Crippen molar-refractivity contribution < 1.29 is 10.2 Å². The highest BCUT2D eigenvalue weighted by atomic mass is 16.5. The lowest BCUT2D eigenvalue weighted by Crippen LogP contribution is -2.21. The summed E-state index contributed by atoms with van der Waals surface area (Å²) in [5.74, 6) is 1.48. The summed E-state index contributed by atoms with van der Waals surface area (Å²) in [5.41, 5.74) is 24.6. The molecule has 0 bridgehead atoms. The Labute approximate surface area is 204 Å². The van der Waals surface area contributed by atoms with E-state index in [0.717, 1.165) is 49.5 Å². The Kier molecular flexibility index (Phi) is 7.78. The quantitative estimate of drug-likeness (QED) is 0.237. The number of anilines is 1. The summed E-state index contributed by atoms with van der Waals surface area (Å²) in [4.78, 5) is 8.63. The smallest absolute Gasteiger partial charge is 0.138 e. The van der Waals surface area contributed by atoms with Crippen LogP contribution < -0.4 is 22.5 Å². The highest BCUT2D eigenvalue weighted by Gasteiger charge is 2.10. The van der Waals surface area contributed by atoms with Gasteiger partial charge in [0.1, 0.15) is 24.0 Å². The molecule has 0 radical (unpaired) electrons. The van der Waals surface area contributed by atoms with Gasteiger partial charge in [0.2, 0.25) is 0 Å². The van der Waals surface area contributed by atoms with Crippen LogP contribution in [0.3, 0.4) is 0 Å². The van der Waals surface area contributed by atoms with E-state index in [0.29, 0.717) is 30.5 Å². The van der Waals surface area contributed by atoms with Crippen molar-refractivity contribution in [3.8, 4) is 0 Å². The zero-order chi connectivity index (χ0) is 24.2. The van der Waals surface area contributed by atoms with Crippen molar-refractivity contribution in [3.63, 3.8) is 0 Å². The number of rotatable bonds is 7. The number of allylic oxidation sites excluding steroid dienone is 1. The fourth-order valence-corrected chi connectivity index (χ4v) is 4.08. The molecule has 0 aliphatic carbocycles. The van der Waals surface area contributed by atoms with Gasteiger partial charge in [0.25, 0.3) is 0 Å². The number of nitrogens with zero attached hydrogens (tertiary/aromatic N) is 2. The Morgan fingerprint density at radius 2 is 1.86 bits per heavy atom. The summed E-state index contributed by atoms with van der Waals surface area (Å²) in [5, 5.41) is 6.39. The van der Waals surface area contributed by atoms with Crippen molar-refractivity contribution in [1.82, 2.24) is 15.3 Å². The number of aromatic nitrogens is 2. The number of nitrogens with two attached hydrogens (primary N) is 3. The molecule has 4 aromatic rings. The highest BCUT2D eigenvalue weighted by Crippen LogP contribution is 2.28. The molecule has 182 valence electrons. The first-order chi connectivity index (χ1) is 16.4. The maximum Gasteiger partial charge on any atom is 0.138 e. The molecule has 0 amide bonds. The van der Waals surface area contributed by atoms with Crippen molar-refractivity contribution in [2.45, 2.75) is 33.9 Å². The lowest BCUT2D eigenvalue weighted by Gasteiger charge is -2.16. The van der Waals surface area contributed by atoms with Crippen molar-refractivity contribution >= 4 is 27.5 Å². The Balaban J connectivity index is 0.00000342. The Morgan fingerprint density at radius 3 is 2.63 bits per heavy atom. The van der Waals surface area contributed by atoms with E-state index in [1.54, 1.807) is 12.3 Å². The van der Waals surface area contributed by atoms with Crippen LogP contribution in [0.5, 0.6) is 0 Å². The van der Waals surface area contributed by atoms with Crippen LogP contribution in [-0.4, -0.2) is 15.4 Å². The van der Waals surface area contributed by atoms with E-state index in [1.165, 1.54) is 6.20 Å². The maximum atomic E-state index is 6.23. The van der Waals surface area contributed by atoms with Crippen molar-refractivity contribution in [1.29, 1.82) is 0 Å². The van der Waals surface area contributed by atoms with E-state index in [4.69, 9.17) is 21.9 Å². The molecule has 0 aliphatic heterocycles. The number of pyridine rings is 2. The van der Waals surface area contributed by atoms with Gasteiger partial charge in [-0.2, -0.15) is 0 Å². The molecule has 0 unspecified atom stereocenters. The van der Waals surface area contributed by atoms with Crippen LogP contribution in [0, 0.1) is 20.8 Å². The molecule has 0 saturated carbocycles. The second-order valence-electron chi connectivity index (χ2n) is 8.44. The zero-order valence-corrected chi connectivity index (χ0v) is 20.2. The van der Waals surface area contributed by atoms with Gasteiger partial charge < -0.3 is 32.7 Å². The SMILES string of the molecule is Cc1cnc2ccc(COC(/C=C(\N)NCc3c(C)cc4c(N)nccc4c3C)=C/N)cc2c1.O. The first-order valence-electron chi connectivity index (χ1n) is 11.1. The van der Waals surface area contributed by atoms with Crippen molar-refractivity contribution in [3.05, 3.63) is 100 Å². The van der Waals surface area contributed by atoms with Crippen molar-refractivity contribution in [2.24, 2.45) is 11.5 Å². The van der Waals surface area contributed by atoms with E-state index in [2.05, 4.69) is 47.3 Å². The van der Waals surface area contributed by atoms with E-state index in [9.17, 15) is 0 Å². The molecule has 2 heterocycles. The molecular weight excluding hydrogens is 440 g/mol. The third-order valence-corrected chi connectivity index (χ3v) is 5.93. The lowest BCUT2D eigenvalue weighted by atomic mass is 9.96. The number of nitrogens with one attached hydrogen (secondary N) is 1. The van der Waals surface area contributed by atoms with E-state index < -0.39 is 0 Å². The van der Waals surface area contributed by atoms with Crippen LogP contribution in [0.4, 0.5) is 5.82 Å². The van der Waals surface area contributed by atoms with Crippen LogP contribution >= 0.6 is 0 Å². The zero-order valence-electron chi connectivity index (χ0n) is 20.2. The van der Waals surface area contributed by atoms with Gasteiger partial charge in [-0.05, 0) is 84.3 Å². The van der Waals surface area contributed by atoms with Crippen LogP contribution in [-0.2, 0) is 17.9 Å². The standard InChI is InChI=1S/C27H30N6O.H2O/c1-16-8-20-10-19(4-5-25(20)32-13-16)15-34-21(12-28)11-26(29)33-14-24-17(2)9-23-22(18(24)3)6-7-31-27(23)30;/h4-13,33H,14-15,28-29H2,1-3H3,(H2,30,31);1H2/b21-12+,26-11+;. The molecule has 4 rings (SSSR count). The summed E-state index contributed by atoms with van der Waals surface area (Å²) >= 11 is 0. The molecular formula is C27H32N6O2. The average Bonchev–Trinajstić information content (AvgIpc) is 2.82. The normalized spacial score (nSPS) is 12.0. The summed E-state index contributed by atoms with van der Waals surface area (Å²) in [6.45, 7) is 7.10. The largest absolute Gasteiger partial charge is 0.487 e. The van der Waals surface area contributed by atoms with Gasteiger partial charge in [-0.15, -0.1) is 0 Å². The van der Waals surface area contributed by atoms with Gasteiger partial charge in [-0.3, -0.25) is 4.98 Å². The van der Waals surface area contributed by atoms with Crippen molar-refractivity contribution in [2.75, 3.05) is 5.73 Å². The third-order valence-electron chi connectivity index (χ3n) is 5.93. The number of benzene rings is 2. The summed E-state index contributed by atoms with van der Waals surface area (Å²) < 4.78 is 5.90. The molecule has 2 aromatic heterocycles. The number of hydrogen-bond donors (Lipinski definition) is 4. The average molecular weight is 473 g/mol.